The quantitative estimate of drug-likeness (QED) is 0.753. The maximum Gasteiger partial charge on any atom is 0.325 e. The number of aliphatic carboxylic acids is 1. The van der Waals surface area contributed by atoms with Gasteiger partial charge in [-0.1, -0.05) is 6.07 Å². The molecule has 0 aliphatic carbocycles. The van der Waals surface area contributed by atoms with Gasteiger partial charge in [0.25, 0.3) is 0 Å². The maximum absolute atomic E-state index is 13.2. The first-order valence-electron chi connectivity index (χ1n) is 6.14. The molecule has 5 nitrogen and oxygen atoms in total. The van der Waals surface area contributed by atoms with E-state index in [0.29, 0.717) is 13.2 Å². The number of halogens is 1. The highest BCUT2D eigenvalue weighted by atomic mass is 19.1. The van der Waals surface area contributed by atoms with E-state index in [0.717, 1.165) is 25.0 Å². The summed E-state index contributed by atoms with van der Waals surface area (Å²) >= 11 is 0. The fourth-order valence-electron chi connectivity index (χ4n) is 2.11. The number of carboxylic acids is 1. The third-order valence-corrected chi connectivity index (χ3v) is 3.13. The lowest BCUT2D eigenvalue weighted by Crippen LogP contribution is -2.34. The minimum absolute atomic E-state index is 0.00353. The Kier molecular flexibility index (Phi) is 4.34. The summed E-state index contributed by atoms with van der Waals surface area (Å²) in [6.45, 7) is 1.09. The predicted molar refractivity (Wildman–Crippen MR) is 65.4 cm³/mol. The van der Waals surface area contributed by atoms with Crippen LogP contribution < -0.4 is 5.32 Å². The first kappa shape index (κ1) is 13.8. The van der Waals surface area contributed by atoms with Crippen LogP contribution in [0.25, 0.3) is 0 Å². The molecule has 3 N–H and O–H groups in total. The zero-order valence-electron chi connectivity index (χ0n) is 10.3. The largest absolute Gasteiger partial charge is 0.505 e. The summed E-state index contributed by atoms with van der Waals surface area (Å²) in [7, 11) is 0. The highest BCUT2D eigenvalue weighted by Crippen LogP contribution is 2.21. The van der Waals surface area contributed by atoms with Gasteiger partial charge in [-0.15, -0.1) is 0 Å². The SMILES string of the molecule is O=C(O)C(NCC1CCCO1)c1ccc(O)c(F)c1. The third-order valence-electron chi connectivity index (χ3n) is 3.13. The summed E-state index contributed by atoms with van der Waals surface area (Å²) in [5.41, 5.74) is 0.265. The van der Waals surface area contributed by atoms with Crippen molar-refractivity contribution in [3.8, 4) is 5.75 Å². The molecule has 1 saturated heterocycles. The van der Waals surface area contributed by atoms with Crippen LogP contribution in [-0.4, -0.2) is 35.4 Å². The number of nitrogens with one attached hydrogen (secondary N) is 1. The van der Waals surface area contributed by atoms with Gasteiger partial charge in [0.15, 0.2) is 11.6 Å². The van der Waals surface area contributed by atoms with Crippen molar-refractivity contribution >= 4 is 5.97 Å². The molecule has 104 valence electrons. The van der Waals surface area contributed by atoms with E-state index in [9.17, 15) is 14.3 Å². The molecule has 1 aromatic carbocycles. The van der Waals surface area contributed by atoms with Crippen LogP contribution in [-0.2, 0) is 9.53 Å². The Morgan fingerprint density at radius 3 is 2.95 bits per heavy atom. The van der Waals surface area contributed by atoms with Gasteiger partial charge in [-0.25, -0.2) is 4.39 Å². The fourth-order valence-corrected chi connectivity index (χ4v) is 2.11. The standard InChI is InChI=1S/C13H16FNO4/c14-10-6-8(3-4-11(10)16)12(13(17)18)15-7-9-2-1-5-19-9/h3-4,6,9,12,15-16H,1-2,5,7H2,(H,17,18). The molecule has 0 bridgehead atoms. The number of ether oxygens (including phenoxy) is 1. The molecule has 1 aromatic rings. The summed E-state index contributed by atoms with van der Waals surface area (Å²) < 4.78 is 18.6. The van der Waals surface area contributed by atoms with Crippen molar-refractivity contribution in [3.63, 3.8) is 0 Å². The molecule has 0 spiro atoms. The van der Waals surface area contributed by atoms with Crippen LogP contribution in [0.3, 0.4) is 0 Å². The van der Waals surface area contributed by atoms with Crippen molar-refractivity contribution in [1.29, 1.82) is 0 Å². The van der Waals surface area contributed by atoms with Crippen molar-refractivity contribution in [2.45, 2.75) is 25.0 Å². The number of hydrogen-bond acceptors (Lipinski definition) is 4. The Labute approximate surface area is 110 Å². The lowest BCUT2D eigenvalue weighted by Gasteiger charge is -2.17. The Balaban J connectivity index is 2.05. The average Bonchev–Trinajstić information content (AvgIpc) is 2.86. The van der Waals surface area contributed by atoms with Gasteiger partial charge in [0.05, 0.1) is 6.10 Å². The number of rotatable bonds is 5. The minimum Gasteiger partial charge on any atom is -0.505 e. The smallest absolute Gasteiger partial charge is 0.325 e. The fraction of sp³-hybridized carbons (Fsp3) is 0.462. The van der Waals surface area contributed by atoms with E-state index >= 15 is 0 Å². The molecule has 0 radical (unpaired) electrons. The topological polar surface area (TPSA) is 78.8 Å². The van der Waals surface area contributed by atoms with Crippen molar-refractivity contribution in [1.82, 2.24) is 5.32 Å². The summed E-state index contributed by atoms with van der Waals surface area (Å²) in [6.07, 6.45) is 1.87. The van der Waals surface area contributed by atoms with Crippen molar-refractivity contribution in [3.05, 3.63) is 29.6 Å². The van der Waals surface area contributed by atoms with Crippen LogP contribution in [0.1, 0.15) is 24.4 Å². The molecular formula is C13H16FNO4. The van der Waals surface area contributed by atoms with Crippen LogP contribution in [0, 0.1) is 5.82 Å². The second-order valence-electron chi connectivity index (χ2n) is 4.53. The van der Waals surface area contributed by atoms with E-state index < -0.39 is 23.6 Å². The Morgan fingerprint density at radius 1 is 1.58 bits per heavy atom. The number of aromatic hydroxyl groups is 1. The molecule has 0 saturated carbocycles. The van der Waals surface area contributed by atoms with Crippen molar-refractivity contribution in [2.75, 3.05) is 13.2 Å². The van der Waals surface area contributed by atoms with Gasteiger partial charge in [0.1, 0.15) is 6.04 Å². The van der Waals surface area contributed by atoms with Gasteiger partial charge in [-0.05, 0) is 30.5 Å². The van der Waals surface area contributed by atoms with Crippen LogP contribution in [0.2, 0.25) is 0 Å². The lowest BCUT2D eigenvalue weighted by molar-refractivity contribution is -0.139. The molecular weight excluding hydrogens is 253 g/mol. The molecule has 1 aliphatic heterocycles. The Morgan fingerprint density at radius 2 is 2.37 bits per heavy atom. The molecule has 1 fully saturated rings. The first-order chi connectivity index (χ1) is 9.08. The van der Waals surface area contributed by atoms with Crippen LogP contribution in [0.4, 0.5) is 4.39 Å². The third kappa shape index (κ3) is 3.42. The highest BCUT2D eigenvalue weighted by molar-refractivity contribution is 5.75. The molecule has 0 aromatic heterocycles. The van der Waals surface area contributed by atoms with Crippen LogP contribution >= 0.6 is 0 Å². The van der Waals surface area contributed by atoms with Crippen molar-refractivity contribution < 1.29 is 24.1 Å². The lowest BCUT2D eigenvalue weighted by atomic mass is 10.1. The van der Waals surface area contributed by atoms with Crippen LogP contribution in [0.15, 0.2) is 18.2 Å². The molecule has 2 rings (SSSR count). The number of phenols is 1. The van der Waals surface area contributed by atoms with E-state index in [1.165, 1.54) is 6.07 Å². The molecule has 2 atom stereocenters. The number of hydrogen-bond donors (Lipinski definition) is 3. The summed E-state index contributed by atoms with van der Waals surface area (Å²) in [5, 5.41) is 21.1. The van der Waals surface area contributed by atoms with Gasteiger partial charge < -0.3 is 14.9 Å². The van der Waals surface area contributed by atoms with Gasteiger partial charge in [0.2, 0.25) is 0 Å². The molecule has 0 amide bonds. The number of carbonyl (C=O) groups is 1. The van der Waals surface area contributed by atoms with Gasteiger partial charge >= 0.3 is 5.97 Å². The number of carboxylic acid groups (broad SMARTS) is 1. The second-order valence-corrected chi connectivity index (χ2v) is 4.53. The normalized spacial score (nSPS) is 20.4. The highest BCUT2D eigenvalue weighted by Gasteiger charge is 2.23. The molecule has 19 heavy (non-hydrogen) atoms. The summed E-state index contributed by atoms with van der Waals surface area (Å²) in [4.78, 5) is 11.2. The van der Waals surface area contributed by atoms with E-state index in [1.807, 2.05) is 0 Å². The van der Waals surface area contributed by atoms with Gasteiger partial charge in [-0.3, -0.25) is 10.1 Å². The van der Waals surface area contributed by atoms with E-state index in [4.69, 9.17) is 9.84 Å². The van der Waals surface area contributed by atoms with E-state index in [-0.39, 0.29) is 11.7 Å². The first-order valence-corrected chi connectivity index (χ1v) is 6.14. The van der Waals surface area contributed by atoms with Crippen molar-refractivity contribution in [2.24, 2.45) is 0 Å². The van der Waals surface area contributed by atoms with E-state index in [1.54, 1.807) is 0 Å². The van der Waals surface area contributed by atoms with Gasteiger partial charge in [0, 0.05) is 13.2 Å². The maximum atomic E-state index is 13.2. The molecule has 2 unspecified atom stereocenters. The minimum atomic E-state index is -1.09. The van der Waals surface area contributed by atoms with Gasteiger partial charge in [-0.2, -0.15) is 0 Å². The summed E-state index contributed by atoms with van der Waals surface area (Å²) in [5.74, 6) is -2.42. The molecule has 1 aliphatic rings. The summed E-state index contributed by atoms with van der Waals surface area (Å²) in [6, 6.07) is 2.55. The zero-order chi connectivity index (χ0) is 13.8. The molecule has 1 heterocycles. The average molecular weight is 269 g/mol. The Hall–Kier alpha value is -1.66. The molecule has 6 heteroatoms. The monoisotopic (exact) mass is 269 g/mol. The predicted octanol–water partition coefficient (Wildman–Crippen LogP) is 1.43. The second kappa shape index (κ2) is 5.99. The van der Waals surface area contributed by atoms with Crippen LogP contribution in [0.5, 0.6) is 5.75 Å². The number of benzene rings is 1. The van der Waals surface area contributed by atoms with E-state index in [2.05, 4.69) is 5.32 Å². The zero-order valence-corrected chi connectivity index (χ0v) is 10.3. The number of phenolic OH excluding ortho intramolecular Hbond substituents is 1. The Bertz CT molecular complexity index is 460.